The van der Waals surface area contributed by atoms with Crippen LogP contribution in [0.5, 0.6) is 0 Å². The minimum atomic E-state index is 0.143. The largest absolute Gasteiger partial charge is 0.464 e. The summed E-state index contributed by atoms with van der Waals surface area (Å²) in [7, 11) is 0. The van der Waals surface area contributed by atoms with Crippen LogP contribution in [-0.4, -0.2) is 0 Å². The molecule has 0 atom stereocenters. The molecule has 15 heavy (non-hydrogen) atoms. The minimum Gasteiger partial charge on any atom is -0.464 e. The highest BCUT2D eigenvalue weighted by Crippen LogP contribution is 2.34. The number of aryl methyl sites for hydroxylation is 2. The van der Waals surface area contributed by atoms with E-state index < -0.39 is 0 Å². The molecule has 1 nitrogen and oxygen atoms in total. The van der Waals surface area contributed by atoms with Gasteiger partial charge >= 0.3 is 0 Å². The Kier molecular flexibility index (Phi) is 2.14. The van der Waals surface area contributed by atoms with Crippen molar-refractivity contribution in [2.24, 2.45) is 0 Å². The lowest BCUT2D eigenvalue weighted by molar-refractivity contribution is 0.556. The standard InChI is InChI=1S/C14H18O/c1-9-6-7-10(2)13-12(9)11(8-15-13)14(3,4)5/h6-8H,1-5H3. The van der Waals surface area contributed by atoms with Gasteiger partial charge in [-0.2, -0.15) is 0 Å². The molecule has 0 spiro atoms. The molecule has 0 bridgehead atoms. The lowest BCUT2D eigenvalue weighted by atomic mass is 9.85. The molecule has 1 aromatic heterocycles. The van der Waals surface area contributed by atoms with Crippen LogP contribution in [0.4, 0.5) is 0 Å². The Morgan fingerprint density at radius 2 is 1.60 bits per heavy atom. The summed E-state index contributed by atoms with van der Waals surface area (Å²) in [5.74, 6) is 0. The van der Waals surface area contributed by atoms with Gasteiger partial charge in [-0.05, 0) is 30.4 Å². The Balaban J connectivity index is 2.85. The Hall–Kier alpha value is -1.24. The molecular weight excluding hydrogens is 184 g/mol. The SMILES string of the molecule is Cc1ccc(C)c2c(C(C)(C)C)coc12. The van der Waals surface area contributed by atoms with Crippen LogP contribution in [0.2, 0.25) is 0 Å². The number of hydrogen-bond donors (Lipinski definition) is 0. The summed E-state index contributed by atoms with van der Waals surface area (Å²) in [6.45, 7) is 10.9. The molecule has 2 rings (SSSR count). The van der Waals surface area contributed by atoms with Crippen molar-refractivity contribution in [1.82, 2.24) is 0 Å². The second-order valence-electron chi connectivity index (χ2n) is 5.30. The van der Waals surface area contributed by atoms with E-state index in [4.69, 9.17) is 4.42 Å². The van der Waals surface area contributed by atoms with Crippen molar-refractivity contribution in [3.05, 3.63) is 35.1 Å². The molecule has 1 aromatic carbocycles. The van der Waals surface area contributed by atoms with Gasteiger partial charge < -0.3 is 4.42 Å². The molecule has 80 valence electrons. The topological polar surface area (TPSA) is 13.1 Å². The quantitative estimate of drug-likeness (QED) is 0.619. The molecule has 0 saturated carbocycles. The fourth-order valence-corrected chi connectivity index (χ4v) is 2.00. The van der Waals surface area contributed by atoms with Gasteiger partial charge in [-0.1, -0.05) is 32.9 Å². The third-order valence-corrected chi connectivity index (χ3v) is 2.93. The molecule has 2 aromatic rings. The van der Waals surface area contributed by atoms with Crippen molar-refractivity contribution in [1.29, 1.82) is 0 Å². The zero-order valence-corrected chi connectivity index (χ0v) is 10.1. The molecule has 0 unspecified atom stereocenters. The first-order valence-electron chi connectivity index (χ1n) is 5.39. The zero-order valence-electron chi connectivity index (χ0n) is 10.1. The molecule has 0 aliphatic carbocycles. The molecule has 0 saturated heterocycles. The maximum atomic E-state index is 5.69. The Morgan fingerprint density at radius 3 is 2.20 bits per heavy atom. The average molecular weight is 202 g/mol. The fraction of sp³-hybridized carbons (Fsp3) is 0.429. The van der Waals surface area contributed by atoms with E-state index in [-0.39, 0.29) is 5.41 Å². The number of fused-ring (bicyclic) bond motifs is 1. The first-order chi connectivity index (χ1) is 6.91. The Bertz CT molecular complexity index is 498. The van der Waals surface area contributed by atoms with Crippen LogP contribution in [-0.2, 0) is 5.41 Å². The smallest absolute Gasteiger partial charge is 0.137 e. The molecule has 0 radical (unpaired) electrons. The van der Waals surface area contributed by atoms with E-state index in [2.05, 4.69) is 46.8 Å². The molecule has 0 fully saturated rings. The van der Waals surface area contributed by atoms with Crippen LogP contribution >= 0.6 is 0 Å². The molecule has 1 heterocycles. The maximum absolute atomic E-state index is 5.69. The summed E-state index contributed by atoms with van der Waals surface area (Å²) >= 11 is 0. The first-order valence-corrected chi connectivity index (χ1v) is 5.39. The van der Waals surface area contributed by atoms with Gasteiger partial charge in [0.05, 0.1) is 6.26 Å². The lowest BCUT2D eigenvalue weighted by Gasteiger charge is -2.17. The highest BCUT2D eigenvalue weighted by atomic mass is 16.3. The zero-order chi connectivity index (χ0) is 11.2. The van der Waals surface area contributed by atoms with E-state index in [0.29, 0.717) is 0 Å². The number of rotatable bonds is 0. The third kappa shape index (κ3) is 1.56. The highest BCUT2D eigenvalue weighted by Gasteiger charge is 2.21. The van der Waals surface area contributed by atoms with E-state index in [1.807, 2.05) is 6.26 Å². The maximum Gasteiger partial charge on any atom is 0.137 e. The highest BCUT2D eigenvalue weighted by molar-refractivity contribution is 5.87. The summed E-state index contributed by atoms with van der Waals surface area (Å²) in [6, 6.07) is 4.29. The summed E-state index contributed by atoms with van der Waals surface area (Å²) in [6.07, 6.45) is 1.91. The molecule has 0 N–H and O–H groups in total. The van der Waals surface area contributed by atoms with E-state index >= 15 is 0 Å². The van der Waals surface area contributed by atoms with Gasteiger partial charge in [0.15, 0.2) is 0 Å². The van der Waals surface area contributed by atoms with Crippen molar-refractivity contribution in [2.75, 3.05) is 0 Å². The van der Waals surface area contributed by atoms with Gasteiger partial charge in [0.2, 0.25) is 0 Å². The van der Waals surface area contributed by atoms with Crippen LogP contribution in [0.1, 0.15) is 37.5 Å². The molecule has 0 aliphatic rings. The van der Waals surface area contributed by atoms with Crippen molar-refractivity contribution in [3.8, 4) is 0 Å². The van der Waals surface area contributed by atoms with Crippen molar-refractivity contribution < 1.29 is 4.42 Å². The molecule has 0 amide bonds. The molecular formula is C14H18O. The van der Waals surface area contributed by atoms with Gasteiger partial charge in [0, 0.05) is 10.9 Å². The summed E-state index contributed by atoms with van der Waals surface area (Å²) < 4.78 is 5.69. The second kappa shape index (κ2) is 3.13. The minimum absolute atomic E-state index is 0.143. The predicted molar refractivity (Wildman–Crippen MR) is 64.4 cm³/mol. The van der Waals surface area contributed by atoms with Gasteiger partial charge in [-0.3, -0.25) is 0 Å². The summed E-state index contributed by atoms with van der Waals surface area (Å²) in [5, 5.41) is 1.29. The van der Waals surface area contributed by atoms with E-state index in [1.165, 1.54) is 22.1 Å². The Labute approximate surface area is 91.1 Å². The molecule has 1 heteroatoms. The van der Waals surface area contributed by atoms with Crippen LogP contribution in [0.15, 0.2) is 22.8 Å². The number of hydrogen-bond acceptors (Lipinski definition) is 1. The first kappa shape index (κ1) is 10.3. The fourth-order valence-electron chi connectivity index (χ4n) is 2.00. The van der Waals surface area contributed by atoms with Crippen LogP contribution in [0.3, 0.4) is 0 Å². The van der Waals surface area contributed by atoms with Gasteiger partial charge in [-0.15, -0.1) is 0 Å². The summed E-state index contributed by atoms with van der Waals surface area (Å²) in [5.41, 5.74) is 5.00. The van der Waals surface area contributed by atoms with Gasteiger partial charge in [0.25, 0.3) is 0 Å². The van der Waals surface area contributed by atoms with Crippen LogP contribution in [0.25, 0.3) is 11.0 Å². The van der Waals surface area contributed by atoms with Crippen molar-refractivity contribution in [2.45, 2.75) is 40.0 Å². The van der Waals surface area contributed by atoms with E-state index in [0.717, 1.165) is 5.58 Å². The van der Waals surface area contributed by atoms with Crippen LogP contribution < -0.4 is 0 Å². The van der Waals surface area contributed by atoms with Crippen molar-refractivity contribution >= 4 is 11.0 Å². The Morgan fingerprint density at radius 1 is 1.00 bits per heavy atom. The van der Waals surface area contributed by atoms with Gasteiger partial charge in [-0.25, -0.2) is 0 Å². The summed E-state index contributed by atoms with van der Waals surface area (Å²) in [4.78, 5) is 0. The van der Waals surface area contributed by atoms with Crippen molar-refractivity contribution in [3.63, 3.8) is 0 Å². The number of furan rings is 1. The van der Waals surface area contributed by atoms with E-state index in [1.54, 1.807) is 0 Å². The van der Waals surface area contributed by atoms with Crippen LogP contribution in [0, 0.1) is 13.8 Å². The third-order valence-electron chi connectivity index (χ3n) is 2.93. The van der Waals surface area contributed by atoms with E-state index in [9.17, 15) is 0 Å². The predicted octanol–water partition coefficient (Wildman–Crippen LogP) is 4.35. The number of benzene rings is 1. The van der Waals surface area contributed by atoms with Gasteiger partial charge in [0.1, 0.15) is 5.58 Å². The monoisotopic (exact) mass is 202 g/mol. The second-order valence-corrected chi connectivity index (χ2v) is 5.30. The lowest BCUT2D eigenvalue weighted by Crippen LogP contribution is -2.10. The average Bonchev–Trinajstić information content (AvgIpc) is 2.55. The normalized spacial score (nSPS) is 12.3. The molecule has 0 aliphatic heterocycles.